The van der Waals surface area contributed by atoms with Gasteiger partial charge in [-0.3, -0.25) is 4.79 Å². The lowest BCUT2D eigenvalue weighted by Crippen LogP contribution is -2.50. The van der Waals surface area contributed by atoms with E-state index >= 15 is 0 Å². The summed E-state index contributed by atoms with van der Waals surface area (Å²) in [5.74, 6) is -1.79. The van der Waals surface area contributed by atoms with Gasteiger partial charge in [-0.2, -0.15) is 0 Å². The molecule has 0 aromatic heterocycles. The molecule has 0 radical (unpaired) electrons. The van der Waals surface area contributed by atoms with Crippen molar-refractivity contribution in [3.8, 4) is 0 Å². The Morgan fingerprint density at radius 2 is 2.14 bits per heavy atom. The molecule has 2 atom stereocenters. The van der Waals surface area contributed by atoms with Crippen LogP contribution in [0.2, 0.25) is 0 Å². The van der Waals surface area contributed by atoms with E-state index in [1.165, 1.54) is 6.07 Å². The maximum Gasteiger partial charge on any atom is 0.253 e. The summed E-state index contributed by atoms with van der Waals surface area (Å²) in [5, 5.41) is 3.49. The SMILES string of the molecule is CCCNC1CCN(C(=O)c2ccc(F)c(F)c2)CC1C. The topological polar surface area (TPSA) is 32.3 Å². The molecular weight excluding hydrogens is 274 g/mol. The molecule has 1 aliphatic rings. The van der Waals surface area contributed by atoms with Gasteiger partial charge in [0, 0.05) is 24.7 Å². The van der Waals surface area contributed by atoms with Crippen LogP contribution in [-0.2, 0) is 0 Å². The molecule has 2 unspecified atom stereocenters. The second kappa shape index (κ2) is 6.98. The number of likely N-dealkylation sites (tertiary alicyclic amines) is 1. The highest BCUT2D eigenvalue weighted by Crippen LogP contribution is 2.20. The molecule has 0 spiro atoms. The number of hydrogen-bond acceptors (Lipinski definition) is 2. The predicted octanol–water partition coefficient (Wildman–Crippen LogP) is 2.82. The molecule has 0 aliphatic carbocycles. The van der Waals surface area contributed by atoms with E-state index in [2.05, 4.69) is 19.2 Å². The first-order valence-electron chi connectivity index (χ1n) is 7.50. The van der Waals surface area contributed by atoms with Gasteiger partial charge >= 0.3 is 0 Å². The Hall–Kier alpha value is -1.49. The summed E-state index contributed by atoms with van der Waals surface area (Å²) in [7, 11) is 0. The van der Waals surface area contributed by atoms with Crippen LogP contribution in [0.1, 0.15) is 37.0 Å². The van der Waals surface area contributed by atoms with Crippen LogP contribution in [0.5, 0.6) is 0 Å². The van der Waals surface area contributed by atoms with Gasteiger partial charge in [0.15, 0.2) is 11.6 Å². The van der Waals surface area contributed by atoms with Crippen molar-refractivity contribution < 1.29 is 13.6 Å². The van der Waals surface area contributed by atoms with E-state index in [1.807, 2.05) is 0 Å². The number of halogens is 2. The van der Waals surface area contributed by atoms with E-state index in [4.69, 9.17) is 0 Å². The third-order valence-electron chi connectivity index (χ3n) is 4.02. The van der Waals surface area contributed by atoms with Crippen LogP contribution < -0.4 is 5.32 Å². The van der Waals surface area contributed by atoms with E-state index in [0.717, 1.165) is 31.5 Å². The maximum atomic E-state index is 13.2. The van der Waals surface area contributed by atoms with Crippen molar-refractivity contribution in [2.75, 3.05) is 19.6 Å². The molecule has 1 N–H and O–H groups in total. The van der Waals surface area contributed by atoms with Gasteiger partial charge in [-0.05, 0) is 43.5 Å². The first kappa shape index (κ1) is 15.9. The quantitative estimate of drug-likeness (QED) is 0.926. The first-order chi connectivity index (χ1) is 10.0. The van der Waals surface area contributed by atoms with Crippen molar-refractivity contribution in [2.45, 2.75) is 32.7 Å². The molecule has 1 heterocycles. The Bertz CT molecular complexity index is 507. The standard InChI is InChI=1S/C16H22F2N2O/c1-3-7-19-15-6-8-20(10-11(15)2)16(21)12-4-5-13(17)14(18)9-12/h4-5,9,11,15,19H,3,6-8,10H2,1-2H3. The van der Waals surface area contributed by atoms with Crippen molar-refractivity contribution in [3.05, 3.63) is 35.4 Å². The van der Waals surface area contributed by atoms with Crippen molar-refractivity contribution in [1.29, 1.82) is 0 Å². The van der Waals surface area contributed by atoms with Gasteiger partial charge in [-0.25, -0.2) is 8.78 Å². The van der Waals surface area contributed by atoms with Crippen molar-refractivity contribution >= 4 is 5.91 Å². The number of amides is 1. The zero-order valence-corrected chi connectivity index (χ0v) is 12.5. The van der Waals surface area contributed by atoms with Crippen molar-refractivity contribution in [2.24, 2.45) is 5.92 Å². The summed E-state index contributed by atoms with van der Waals surface area (Å²) in [6.07, 6.45) is 1.97. The van der Waals surface area contributed by atoms with E-state index in [-0.39, 0.29) is 11.5 Å². The summed E-state index contributed by atoms with van der Waals surface area (Å²) in [6, 6.07) is 3.73. The monoisotopic (exact) mass is 296 g/mol. The normalized spacial score (nSPS) is 22.4. The summed E-state index contributed by atoms with van der Waals surface area (Å²) in [4.78, 5) is 14.1. The average Bonchev–Trinajstić information content (AvgIpc) is 2.48. The number of piperidine rings is 1. The Kier molecular flexibility index (Phi) is 5.28. The Balaban J connectivity index is 2.00. The Morgan fingerprint density at radius 3 is 2.76 bits per heavy atom. The van der Waals surface area contributed by atoms with Crippen molar-refractivity contribution in [3.63, 3.8) is 0 Å². The number of nitrogens with zero attached hydrogens (tertiary/aromatic N) is 1. The molecule has 1 amide bonds. The van der Waals surface area contributed by atoms with Gasteiger partial charge in [0.2, 0.25) is 0 Å². The highest BCUT2D eigenvalue weighted by molar-refractivity contribution is 5.94. The van der Waals surface area contributed by atoms with Crippen LogP contribution in [0.15, 0.2) is 18.2 Å². The Labute approximate surface area is 124 Å². The molecule has 1 aromatic carbocycles. The highest BCUT2D eigenvalue weighted by Gasteiger charge is 2.28. The van der Waals surface area contributed by atoms with Gasteiger partial charge in [0.1, 0.15) is 0 Å². The summed E-state index contributed by atoms with van der Waals surface area (Å²) in [5.41, 5.74) is 0.209. The molecule has 1 fully saturated rings. The smallest absolute Gasteiger partial charge is 0.253 e. The number of nitrogens with one attached hydrogen (secondary N) is 1. The lowest BCUT2D eigenvalue weighted by molar-refractivity contribution is 0.0644. The number of carbonyl (C=O) groups is 1. The zero-order chi connectivity index (χ0) is 15.4. The third-order valence-corrected chi connectivity index (χ3v) is 4.02. The summed E-state index contributed by atoms with van der Waals surface area (Å²) >= 11 is 0. The van der Waals surface area contributed by atoms with Gasteiger partial charge in [-0.15, -0.1) is 0 Å². The fraction of sp³-hybridized carbons (Fsp3) is 0.562. The molecule has 116 valence electrons. The van der Waals surface area contributed by atoms with Crippen molar-refractivity contribution in [1.82, 2.24) is 10.2 Å². The van der Waals surface area contributed by atoms with Crippen LogP contribution in [0.3, 0.4) is 0 Å². The van der Waals surface area contributed by atoms with Crippen LogP contribution in [0.4, 0.5) is 8.78 Å². The number of carbonyl (C=O) groups excluding carboxylic acids is 1. The Morgan fingerprint density at radius 1 is 1.38 bits per heavy atom. The van der Waals surface area contributed by atoms with Crippen LogP contribution in [0.25, 0.3) is 0 Å². The minimum atomic E-state index is -0.978. The number of rotatable bonds is 4. The maximum absolute atomic E-state index is 13.2. The molecule has 1 aromatic rings. The fourth-order valence-corrected chi connectivity index (χ4v) is 2.77. The van der Waals surface area contributed by atoms with Gasteiger partial charge in [0.05, 0.1) is 0 Å². The van der Waals surface area contributed by atoms with Crippen LogP contribution >= 0.6 is 0 Å². The average molecular weight is 296 g/mol. The summed E-state index contributed by atoms with van der Waals surface area (Å²) in [6.45, 7) is 6.49. The van der Waals surface area contributed by atoms with Gasteiger partial charge in [-0.1, -0.05) is 13.8 Å². The first-order valence-corrected chi connectivity index (χ1v) is 7.50. The fourth-order valence-electron chi connectivity index (χ4n) is 2.77. The molecule has 0 bridgehead atoms. The minimum Gasteiger partial charge on any atom is -0.338 e. The highest BCUT2D eigenvalue weighted by atomic mass is 19.2. The van der Waals surface area contributed by atoms with Gasteiger partial charge < -0.3 is 10.2 Å². The minimum absolute atomic E-state index is 0.209. The largest absolute Gasteiger partial charge is 0.338 e. The molecule has 1 aliphatic heterocycles. The lowest BCUT2D eigenvalue weighted by atomic mass is 9.93. The second-order valence-corrected chi connectivity index (χ2v) is 5.71. The molecule has 0 saturated carbocycles. The third kappa shape index (κ3) is 3.79. The van der Waals surface area contributed by atoms with Crippen LogP contribution in [-0.4, -0.2) is 36.5 Å². The van der Waals surface area contributed by atoms with E-state index < -0.39 is 11.6 Å². The molecule has 2 rings (SSSR count). The van der Waals surface area contributed by atoms with E-state index in [1.54, 1.807) is 4.90 Å². The molecule has 5 heteroatoms. The zero-order valence-electron chi connectivity index (χ0n) is 12.5. The summed E-state index contributed by atoms with van der Waals surface area (Å²) < 4.78 is 26.2. The number of benzene rings is 1. The van der Waals surface area contributed by atoms with E-state index in [0.29, 0.717) is 25.0 Å². The van der Waals surface area contributed by atoms with Crippen LogP contribution in [0, 0.1) is 17.6 Å². The lowest BCUT2D eigenvalue weighted by Gasteiger charge is -2.37. The second-order valence-electron chi connectivity index (χ2n) is 5.71. The van der Waals surface area contributed by atoms with E-state index in [9.17, 15) is 13.6 Å². The molecular formula is C16H22F2N2O. The molecule has 3 nitrogen and oxygen atoms in total. The predicted molar refractivity (Wildman–Crippen MR) is 78.1 cm³/mol. The number of hydrogen-bond donors (Lipinski definition) is 1. The molecule has 1 saturated heterocycles. The molecule has 21 heavy (non-hydrogen) atoms. The van der Waals surface area contributed by atoms with Gasteiger partial charge in [0.25, 0.3) is 5.91 Å².